The highest BCUT2D eigenvalue weighted by Gasteiger charge is 2.58. The molecule has 0 radical (unpaired) electrons. The van der Waals surface area contributed by atoms with Crippen molar-refractivity contribution in [2.75, 3.05) is 12.3 Å². The number of carbonyl (C=O) groups is 5. The van der Waals surface area contributed by atoms with Gasteiger partial charge in [0.2, 0.25) is 0 Å². The lowest BCUT2D eigenvalue weighted by Crippen LogP contribution is -2.73. The molecule has 3 amide bonds. The number of carbonyl (C=O) groups excluding carboxylic acids is 5. The Kier molecular flexibility index (Phi) is 11.1. The van der Waals surface area contributed by atoms with E-state index in [0.29, 0.717) is 16.7 Å². The molecule has 2 fully saturated rings. The first kappa shape index (κ1) is 39.1. The van der Waals surface area contributed by atoms with Crippen LogP contribution in [0.25, 0.3) is 0 Å². The number of nitrogens with one attached hydrogen (secondary N) is 1. The molecule has 12 nitrogen and oxygen atoms in total. The average molecular weight is 768 g/mol. The second-order valence-electron chi connectivity index (χ2n) is 15.5. The zero-order valence-corrected chi connectivity index (χ0v) is 32.5. The number of rotatable bonds is 9. The number of hydrogen-bond donors (Lipinski definition) is 1. The molecule has 0 spiro atoms. The Balaban J connectivity index is 1.39. The molecule has 3 aliphatic rings. The number of hydrogen-bond acceptors (Lipinski definition) is 9. The summed E-state index contributed by atoms with van der Waals surface area (Å²) in [6.45, 7) is 10.4. The molecule has 288 valence electrons. The largest absolute Gasteiger partial charge is 0.458 e. The van der Waals surface area contributed by atoms with Gasteiger partial charge in [-0.05, 0) is 76.3 Å². The zero-order chi connectivity index (χ0) is 39.7. The van der Waals surface area contributed by atoms with Crippen molar-refractivity contribution in [2.45, 2.75) is 82.7 Å². The number of ether oxygens (including phenoxy) is 3. The van der Waals surface area contributed by atoms with Gasteiger partial charge in [0.1, 0.15) is 28.3 Å². The minimum atomic E-state index is -1.82. The fraction of sp³-hybridized carbons (Fsp3) is 0.357. The highest BCUT2D eigenvalue weighted by molar-refractivity contribution is 7.86. The van der Waals surface area contributed by atoms with E-state index in [9.17, 15) is 28.2 Å². The lowest BCUT2D eigenvalue weighted by Gasteiger charge is -2.49. The molecule has 0 aromatic heterocycles. The lowest BCUT2D eigenvalue weighted by atomic mass is 10.00. The van der Waals surface area contributed by atoms with Crippen LogP contribution < -0.4 is 5.32 Å². The molecule has 13 heteroatoms. The van der Waals surface area contributed by atoms with Crippen LogP contribution in [0.3, 0.4) is 0 Å². The number of amides is 3. The molecule has 3 aromatic rings. The third-order valence-electron chi connectivity index (χ3n) is 9.01. The van der Waals surface area contributed by atoms with Gasteiger partial charge in [-0.15, -0.1) is 0 Å². The van der Waals surface area contributed by atoms with Crippen LogP contribution in [-0.2, 0) is 44.2 Å². The van der Waals surface area contributed by atoms with E-state index < -0.39 is 75.4 Å². The molecule has 6 rings (SSSR count). The third-order valence-corrected chi connectivity index (χ3v) is 10.6. The molecular formula is C42H45N3O9S. The SMILES string of the molecule is CC(C)(C)OC(=O)NC1C(=O)N2C(C(=O)OC(c3ccccc3)c3ccccc3)=C(/C=C3\CCN(C(C(=O)OC(C)(C)C)c4ccccc4)C3=O)CS(=O)C12. The molecule has 0 aliphatic carbocycles. The van der Waals surface area contributed by atoms with Crippen molar-refractivity contribution in [2.24, 2.45) is 0 Å². The Morgan fingerprint density at radius 3 is 1.85 bits per heavy atom. The number of benzene rings is 3. The Hall–Kier alpha value is -5.56. The second-order valence-corrected chi connectivity index (χ2v) is 17.0. The molecule has 55 heavy (non-hydrogen) atoms. The lowest BCUT2D eigenvalue weighted by molar-refractivity contribution is -0.163. The van der Waals surface area contributed by atoms with E-state index in [2.05, 4.69) is 5.32 Å². The van der Waals surface area contributed by atoms with E-state index in [1.165, 1.54) is 11.0 Å². The first-order valence-electron chi connectivity index (χ1n) is 18.1. The number of fused-ring (bicyclic) bond motifs is 1. The number of esters is 2. The van der Waals surface area contributed by atoms with Gasteiger partial charge < -0.3 is 24.4 Å². The second kappa shape index (κ2) is 15.7. The van der Waals surface area contributed by atoms with Gasteiger partial charge in [0.15, 0.2) is 12.1 Å². The maximum absolute atomic E-state index is 14.5. The van der Waals surface area contributed by atoms with Crippen molar-refractivity contribution in [3.8, 4) is 0 Å². The van der Waals surface area contributed by atoms with Crippen LogP contribution in [0, 0.1) is 0 Å². The van der Waals surface area contributed by atoms with Crippen LogP contribution in [0.4, 0.5) is 4.79 Å². The summed E-state index contributed by atoms with van der Waals surface area (Å²) >= 11 is 0. The summed E-state index contributed by atoms with van der Waals surface area (Å²) in [6, 6.07) is 24.8. The van der Waals surface area contributed by atoms with Crippen molar-refractivity contribution in [3.63, 3.8) is 0 Å². The number of β-lactam (4-membered cyclic amide) rings is 1. The van der Waals surface area contributed by atoms with E-state index in [4.69, 9.17) is 14.2 Å². The maximum atomic E-state index is 14.5. The van der Waals surface area contributed by atoms with E-state index in [0.717, 1.165) is 4.90 Å². The molecule has 1 N–H and O–H groups in total. The summed E-state index contributed by atoms with van der Waals surface area (Å²) in [6.07, 6.45) is -0.0727. The van der Waals surface area contributed by atoms with Gasteiger partial charge in [-0.1, -0.05) is 91.0 Å². The Bertz CT molecular complexity index is 2010. The fourth-order valence-electron chi connectivity index (χ4n) is 6.75. The Labute approximate surface area is 322 Å². The van der Waals surface area contributed by atoms with Crippen LogP contribution >= 0.6 is 0 Å². The highest BCUT2D eigenvalue weighted by Crippen LogP contribution is 2.39. The van der Waals surface area contributed by atoms with Crippen molar-refractivity contribution < 1.29 is 42.4 Å². The first-order valence-corrected chi connectivity index (χ1v) is 19.4. The Morgan fingerprint density at radius 1 is 0.800 bits per heavy atom. The first-order chi connectivity index (χ1) is 26.0. The quantitative estimate of drug-likeness (QED) is 0.126. The number of nitrogens with zero attached hydrogens (tertiary/aromatic N) is 2. The predicted molar refractivity (Wildman–Crippen MR) is 204 cm³/mol. The fourth-order valence-corrected chi connectivity index (χ4v) is 8.38. The topological polar surface area (TPSA) is 149 Å². The summed E-state index contributed by atoms with van der Waals surface area (Å²) in [7, 11) is -1.82. The molecule has 2 saturated heterocycles. The monoisotopic (exact) mass is 767 g/mol. The van der Waals surface area contributed by atoms with Crippen LogP contribution in [-0.4, -0.2) is 78.8 Å². The van der Waals surface area contributed by atoms with Crippen LogP contribution in [0.2, 0.25) is 0 Å². The molecule has 4 atom stereocenters. The van der Waals surface area contributed by atoms with Gasteiger partial charge in [-0.25, -0.2) is 14.4 Å². The minimum Gasteiger partial charge on any atom is -0.458 e. The molecule has 0 bridgehead atoms. The van der Waals surface area contributed by atoms with Gasteiger partial charge in [-0.3, -0.25) is 18.7 Å². The zero-order valence-electron chi connectivity index (χ0n) is 31.6. The molecule has 3 aliphatic heterocycles. The smallest absolute Gasteiger partial charge is 0.408 e. The van der Waals surface area contributed by atoms with Gasteiger partial charge in [0, 0.05) is 12.1 Å². The Morgan fingerprint density at radius 2 is 1.33 bits per heavy atom. The maximum Gasteiger partial charge on any atom is 0.408 e. The van der Waals surface area contributed by atoms with Gasteiger partial charge in [0.25, 0.3) is 11.8 Å². The third kappa shape index (κ3) is 8.72. The van der Waals surface area contributed by atoms with Crippen molar-refractivity contribution >= 4 is 40.6 Å². The highest BCUT2D eigenvalue weighted by atomic mass is 32.2. The van der Waals surface area contributed by atoms with Crippen molar-refractivity contribution in [1.29, 1.82) is 0 Å². The van der Waals surface area contributed by atoms with Gasteiger partial charge in [0.05, 0.1) is 16.6 Å². The summed E-state index contributed by atoms with van der Waals surface area (Å²) in [5, 5.41) is 1.42. The molecular weight excluding hydrogens is 723 g/mol. The van der Waals surface area contributed by atoms with Crippen LogP contribution in [0.5, 0.6) is 0 Å². The number of allylic oxidation sites excluding steroid dienone is 1. The van der Waals surface area contributed by atoms with E-state index in [1.807, 2.05) is 60.7 Å². The van der Waals surface area contributed by atoms with Crippen LogP contribution in [0.1, 0.15) is 76.8 Å². The predicted octanol–water partition coefficient (Wildman–Crippen LogP) is 5.64. The average Bonchev–Trinajstić information content (AvgIpc) is 3.47. The van der Waals surface area contributed by atoms with Crippen molar-refractivity contribution in [3.05, 3.63) is 131 Å². The number of alkyl carbamates (subject to hydrolysis) is 1. The standard InChI is InChI=1S/C42H45N3O9S/c1-41(2,3)53-39(49)32(26-16-10-7-11-17-26)44-23-22-29(35(44)46)24-30-25-55(51)37-31(43-40(50)54-42(4,5)6)36(47)45(37)33(30)38(48)52-34(27-18-12-8-13-19-27)28-20-14-9-15-21-28/h7-21,24,31-32,34,37H,22-23,25H2,1-6H3,(H,43,50)/b29-24+. The normalized spacial score (nSPS) is 21.2. The molecule has 4 unspecified atom stereocenters. The van der Waals surface area contributed by atoms with Gasteiger partial charge in [-0.2, -0.15) is 0 Å². The molecule has 0 saturated carbocycles. The van der Waals surface area contributed by atoms with E-state index in [1.54, 1.807) is 71.9 Å². The summed E-state index contributed by atoms with van der Waals surface area (Å²) in [5.41, 5.74) is 0.471. The molecule has 3 heterocycles. The summed E-state index contributed by atoms with van der Waals surface area (Å²) in [4.78, 5) is 71.3. The van der Waals surface area contributed by atoms with E-state index in [-0.39, 0.29) is 35.6 Å². The van der Waals surface area contributed by atoms with E-state index >= 15 is 0 Å². The molecule has 3 aromatic carbocycles. The van der Waals surface area contributed by atoms with Gasteiger partial charge >= 0.3 is 18.0 Å². The summed E-state index contributed by atoms with van der Waals surface area (Å²) < 4.78 is 31.2. The number of likely N-dealkylation sites (tertiary alicyclic amines) is 1. The van der Waals surface area contributed by atoms with Crippen LogP contribution in [0.15, 0.2) is 114 Å². The summed E-state index contributed by atoms with van der Waals surface area (Å²) in [5.74, 6) is -2.86. The minimum absolute atomic E-state index is 0.155. The van der Waals surface area contributed by atoms with Crippen molar-refractivity contribution in [1.82, 2.24) is 15.1 Å².